The maximum atomic E-state index is 11.7. The fourth-order valence-electron chi connectivity index (χ4n) is 1.56. The molecule has 0 saturated heterocycles. The molecule has 1 aliphatic rings. The van der Waals surface area contributed by atoms with Crippen LogP contribution in [0.4, 0.5) is 5.69 Å². The Kier molecular flexibility index (Phi) is 3.59. The summed E-state index contributed by atoms with van der Waals surface area (Å²) in [5.74, 6) is -1.04. The average molecular weight is 272 g/mol. The zero-order chi connectivity index (χ0) is 12.4. The number of carboxylic acid groups (broad SMARTS) is 1. The number of carbonyl (C=O) groups is 2. The maximum absolute atomic E-state index is 11.7. The number of carbonyl (C=O) groups excluding carboxylic acids is 1. The molecule has 0 saturated carbocycles. The van der Waals surface area contributed by atoms with Gasteiger partial charge in [-0.1, -0.05) is 11.6 Å². The van der Waals surface area contributed by atoms with Gasteiger partial charge in [0.05, 0.1) is 10.9 Å². The van der Waals surface area contributed by atoms with E-state index < -0.39 is 5.97 Å². The molecular weight excluding hydrogens is 262 g/mol. The van der Waals surface area contributed by atoms with Gasteiger partial charge in [0, 0.05) is 16.3 Å². The van der Waals surface area contributed by atoms with Crippen molar-refractivity contribution in [3.8, 4) is 0 Å². The lowest BCUT2D eigenvalue weighted by Crippen LogP contribution is -2.29. The molecule has 0 radical (unpaired) electrons. The van der Waals surface area contributed by atoms with Crippen molar-refractivity contribution in [2.75, 3.05) is 5.32 Å². The molecule has 4 nitrogen and oxygen atoms in total. The molecule has 1 unspecified atom stereocenters. The third-order valence-electron chi connectivity index (χ3n) is 2.38. The summed E-state index contributed by atoms with van der Waals surface area (Å²) in [5.41, 5.74) is 0.732. The molecule has 1 atom stereocenters. The van der Waals surface area contributed by atoms with E-state index in [0.29, 0.717) is 11.4 Å². The van der Waals surface area contributed by atoms with E-state index in [1.165, 1.54) is 11.8 Å². The number of hydrogen-bond acceptors (Lipinski definition) is 3. The number of halogens is 1. The number of benzene rings is 1. The highest BCUT2D eigenvalue weighted by atomic mass is 35.5. The summed E-state index contributed by atoms with van der Waals surface area (Å²) >= 11 is 7.23. The largest absolute Gasteiger partial charge is 0.481 e. The van der Waals surface area contributed by atoms with E-state index in [4.69, 9.17) is 16.7 Å². The maximum Gasteiger partial charge on any atom is 0.303 e. The van der Waals surface area contributed by atoms with Crippen LogP contribution in [0, 0.1) is 0 Å². The SMILES string of the molecule is O=C(O)CCC1Sc2cc(Cl)ccc2NC1=O. The zero-order valence-electron chi connectivity index (χ0n) is 8.77. The molecule has 1 aliphatic heterocycles. The quantitative estimate of drug-likeness (QED) is 0.887. The van der Waals surface area contributed by atoms with Crippen LogP contribution >= 0.6 is 23.4 Å². The Morgan fingerprint density at radius 2 is 2.29 bits per heavy atom. The summed E-state index contributed by atoms with van der Waals surface area (Å²) in [6.45, 7) is 0. The van der Waals surface area contributed by atoms with Gasteiger partial charge in [0.1, 0.15) is 0 Å². The zero-order valence-corrected chi connectivity index (χ0v) is 10.3. The predicted octanol–water partition coefficient (Wildman–Crippen LogP) is 2.62. The molecule has 0 fully saturated rings. The number of rotatable bonds is 3. The molecule has 1 heterocycles. The molecule has 0 aliphatic carbocycles. The Bertz CT molecular complexity index is 478. The third kappa shape index (κ3) is 2.92. The lowest BCUT2D eigenvalue weighted by atomic mass is 10.2. The first kappa shape index (κ1) is 12.3. The molecular formula is C11H10ClNO3S. The fraction of sp³-hybridized carbons (Fsp3) is 0.273. The van der Waals surface area contributed by atoms with Gasteiger partial charge in [-0.3, -0.25) is 9.59 Å². The summed E-state index contributed by atoms with van der Waals surface area (Å²) in [6.07, 6.45) is 0.304. The summed E-state index contributed by atoms with van der Waals surface area (Å²) < 4.78 is 0. The minimum absolute atomic E-state index is 0.0129. The van der Waals surface area contributed by atoms with Gasteiger partial charge < -0.3 is 10.4 Å². The Morgan fingerprint density at radius 3 is 3.00 bits per heavy atom. The van der Waals surface area contributed by atoms with Gasteiger partial charge in [0.2, 0.25) is 5.91 Å². The first-order chi connectivity index (χ1) is 8.06. The monoisotopic (exact) mass is 271 g/mol. The fourth-order valence-corrected chi connectivity index (χ4v) is 2.95. The van der Waals surface area contributed by atoms with Crippen LogP contribution in [0.2, 0.25) is 5.02 Å². The predicted molar refractivity (Wildman–Crippen MR) is 66.6 cm³/mol. The van der Waals surface area contributed by atoms with Crippen LogP contribution in [0.1, 0.15) is 12.8 Å². The van der Waals surface area contributed by atoms with E-state index in [2.05, 4.69) is 5.32 Å². The van der Waals surface area contributed by atoms with Crippen LogP contribution in [-0.4, -0.2) is 22.2 Å². The Balaban J connectivity index is 2.14. The standard InChI is InChI=1S/C11H10ClNO3S/c12-6-1-2-7-9(5-6)17-8(11(16)13-7)3-4-10(14)15/h1-2,5,8H,3-4H2,(H,13,16)(H,14,15). The van der Waals surface area contributed by atoms with Crippen LogP contribution in [0.15, 0.2) is 23.1 Å². The van der Waals surface area contributed by atoms with Crippen molar-refractivity contribution in [1.29, 1.82) is 0 Å². The van der Waals surface area contributed by atoms with E-state index in [0.717, 1.165) is 10.6 Å². The topological polar surface area (TPSA) is 66.4 Å². The second kappa shape index (κ2) is 4.98. The highest BCUT2D eigenvalue weighted by Gasteiger charge is 2.27. The molecule has 90 valence electrons. The van der Waals surface area contributed by atoms with Gasteiger partial charge in [-0.15, -0.1) is 11.8 Å². The van der Waals surface area contributed by atoms with Crippen molar-refractivity contribution >= 4 is 40.9 Å². The number of amides is 1. The van der Waals surface area contributed by atoms with Crippen molar-refractivity contribution in [3.63, 3.8) is 0 Å². The van der Waals surface area contributed by atoms with Gasteiger partial charge in [-0.25, -0.2) is 0 Å². The van der Waals surface area contributed by atoms with Crippen LogP contribution in [0.25, 0.3) is 0 Å². The Morgan fingerprint density at radius 1 is 1.53 bits per heavy atom. The van der Waals surface area contributed by atoms with Crippen LogP contribution in [0.5, 0.6) is 0 Å². The van der Waals surface area contributed by atoms with Crippen molar-refractivity contribution in [2.24, 2.45) is 0 Å². The first-order valence-electron chi connectivity index (χ1n) is 5.05. The van der Waals surface area contributed by atoms with E-state index in [-0.39, 0.29) is 17.6 Å². The summed E-state index contributed by atoms with van der Waals surface area (Å²) in [7, 11) is 0. The number of anilines is 1. The van der Waals surface area contributed by atoms with Crippen molar-refractivity contribution in [2.45, 2.75) is 23.0 Å². The van der Waals surface area contributed by atoms with Gasteiger partial charge in [0.25, 0.3) is 0 Å². The second-order valence-corrected chi connectivity index (χ2v) is 5.35. The number of carboxylic acids is 1. The van der Waals surface area contributed by atoms with Gasteiger partial charge in [-0.2, -0.15) is 0 Å². The highest BCUT2D eigenvalue weighted by Crippen LogP contribution is 2.38. The van der Waals surface area contributed by atoms with Crippen molar-refractivity contribution in [1.82, 2.24) is 0 Å². The van der Waals surface area contributed by atoms with Crippen LogP contribution < -0.4 is 5.32 Å². The molecule has 6 heteroatoms. The average Bonchev–Trinajstić information content (AvgIpc) is 2.26. The third-order valence-corrected chi connectivity index (χ3v) is 3.94. The molecule has 0 spiro atoms. The minimum atomic E-state index is -0.893. The lowest BCUT2D eigenvalue weighted by molar-refractivity contribution is -0.137. The molecule has 17 heavy (non-hydrogen) atoms. The minimum Gasteiger partial charge on any atom is -0.481 e. The van der Waals surface area contributed by atoms with E-state index >= 15 is 0 Å². The molecule has 1 aromatic carbocycles. The summed E-state index contributed by atoms with van der Waals surface area (Å²) in [6, 6.07) is 5.23. The number of nitrogens with one attached hydrogen (secondary N) is 1. The van der Waals surface area contributed by atoms with Crippen molar-refractivity contribution in [3.05, 3.63) is 23.2 Å². The van der Waals surface area contributed by atoms with Crippen LogP contribution in [0.3, 0.4) is 0 Å². The molecule has 0 aromatic heterocycles. The molecule has 2 N–H and O–H groups in total. The summed E-state index contributed by atoms with van der Waals surface area (Å²) in [5, 5.41) is 11.6. The van der Waals surface area contributed by atoms with E-state index in [9.17, 15) is 9.59 Å². The number of thioether (sulfide) groups is 1. The molecule has 0 bridgehead atoms. The lowest BCUT2D eigenvalue weighted by Gasteiger charge is -2.23. The number of hydrogen-bond donors (Lipinski definition) is 2. The number of fused-ring (bicyclic) bond motifs is 1. The summed E-state index contributed by atoms with van der Waals surface area (Å²) in [4.78, 5) is 23.1. The van der Waals surface area contributed by atoms with Gasteiger partial charge in [0.15, 0.2) is 0 Å². The van der Waals surface area contributed by atoms with E-state index in [1.54, 1.807) is 18.2 Å². The van der Waals surface area contributed by atoms with Gasteiger partial charge >= 0.3 is 5.97 Å². The van der Waals surface area contributed by atoms with Crippen molar-refractivity contribution < 1.29 is 14.7 Å². The Hall–Kier alpha value is -1.20. The molecule has 2 rings (SSSR count). The highest BCUT2D eigenvalue weighted by molar-refractivity contribution is 8.01. The second-order valence-electron chi connectivity index (χ2n) is 3.67. The normalized spacial score (nSPS) is 18.4. The van der Waals surface area contributed by atoms with Crippen LogP contribution in [-0.2, 0) is 9.59 Å². The smallest absolute Gasteiger partial charge is 0.303 e. The number of aliphatic carboxylic acids is 1. The van der Waals surface area contributed by atoms with Gasteiger partial charge in [-0.05, 0) is 24.6 Å². The molecule has 1 aromatic rings. The Labute approximate surface area is 107 Å². The molecule has 1 amide bonds. The first-order valence-corrected chi connectivity index (χ1v) is 6.31. The van der Waals surface area contributed by atoms with E-state index in [1.807, 2.05) is 0 Å².